The Kier molecular flexibility index (Phi) is 4.87. The maximum atomic E-state index is 11.3. The third kappa shape index (κ3) is 4.06. The lowest BCUT2D eigenvalue weighted by Crippen LogP contribution is -2.44. The fourth-order valence-electron chi connectivity index (χ4n) is 3.42. The highest BCUT2D eigenvalue weighted by Crippen LogP contribution is 2.37. The van der Waals surface area contributed by atoms with E-state index in [4.69, 9.17) is 0 Å². The van der Waals surface area contributed by atoms with Crippen LogP contribution in [-0.2, 0) is 10.8 Å². The molecule has 1 heterocycles. The van der Waals surface area contributed by atoms with Crippen molar-refractivity contribution < 1.29 is 4.21 Å². The summed E-state index contributed by atoms with van der Waals surface area (Å²) in [5.74, 6) is 2.72. The van der Waals surface area contributed by atoms with Gasteiger partial charge in [-0.1, -0.05) is 20.8 Å². The second-order valence-electron chi connectivity index (χ2n) is 7.20. The van der Waals surface area contributed by atoms with Crippen molar-refractivity contribution in [3.8, 4) is 0 Å². The molecule has 0 bridgehead atoms. The first-order valence-corrected chi connectivity index (χ1v) is 9.05. The van der Waals surface area contributed by atoms with Gasteiger partial charge in [0.15, 0.2) is 0 Å². The monoisotopic (exact) mass is 271 g/mol. The van der Waals surface area contributed by atoms with Crippen molar-refractivity contribution in [3.63, 3.8) is 0 Å². The zero-order valence-electron chi connectivity index (χ0n) is 12.2. The normalized spacial score (nSPS) is 38.6. The summed E-state index contributed by atoms with van der Waals surface area (Å²) in [5, 5.41) is 3.82. The van der Waals surface area contributed by atoms with Crippen LogP contribution in [-0.4, -0.2) is 27.8 Å². The van der Waals surface area contributed by atoms with Gasteiger partial charge >= 0.3 is 0 Å². The highest BCUT2D eigenvalue weighted by molar-refractivity contribution is 7.85. The maximum absolute atomic E-state index is 11.3. The molecule has 0 radical (unpaired) electrons. The van der Waals surface area contributed by atoms with Gasteiger partial charge in [-0.05, 0) is 49.9 Å². The Morgan fingerprint density at radius 2 is 1.39 bits per heavy atom. The standard InChI is InChI=1S/C15H29NOS/c1-15(2,3)12-4-6-13(7-5-12)16-14-8-10-18(17)11-9-14/h12-14,16H,4-11H2,1-3H3. The Morgan fingerprint density at radius 3 is 1.89 bits per heavy atom. The molecule has 1 aliphatic heterocycles. The molecule has 1 saturated carbocycles. The molecular formula is C15H29NOS. The maximum Gasteiger partial charge on any atom is 0.0249 e. The number of hydrogen-bond acceptors (Lipinski definition) is 2. The second kappa shape index (κ2) is 6.04. The molecule has 2 fully saturated rings. The van der Waals surface area contributed by atoms with Crippen molar-refractivity contribution in [2.75, 3.05) is 11.5 Å². The average molecular weight is 271 g/mol. The van der Waals surface area contributed by atoms with E-state index in [1.165, 1.54) is 25.7 Å². The molecule has 1 saturated heterocycles. The smallest absolute Gasteiger partial charge is 0.0249 e. The summed E-state index contributed by atoms with van der Waals surface area (Å²) < 4.78 is 11.3. The fraction of sp³-hybridized carbons (Fsp3) is 1.00. The van der Waals surface area contributed by atoms with Gasteiger partial charge in [0.2, 0.25) is 0 Å². The lowest BCUT2D eigenvalue weighted by atomic mass is 9.71. The van der Waals surface area contributed by atoms with E-state index in [2.05, 4.69) is 26.1 Å². The third-order valence-electron chi connectivity index (χ3n) is 4.81. The van der Waals surface area contributed by atoms with Crippen LogP contribution in [0.5, 0.6) is 0 Å². The summed E-state index contributed by atoms with van der Waals surface area (Å²) in [6, 6.07) is 1.36. The number of nitrogens with one attached hydrogen (secondary N) is 1. The van der Waals surface area contributed by atoms with Crippen LogP contribution in [0.1, 0.15) is 59.3 Å². The molecule has 2 aliphatic rings. The zero-order valence-corrected chi connectivity index (χ0v) is 13.0. The van der Waals surface area contributed by atoms with Crippen molar-refractivity contribution in [1.82, 2.24) is 5.32 Å². The molecule has 3 heteroatoms. The highest BCUT2D eigenvalue weighted by atomic mass is 32.2. The van der Waals surface area contributed by atoms with E-state index in [0.29, 0.717) is 11.5 Å². The Bertz CT molecular complexity index is 279. The molecule has 0 atom stereocenters. The molecule has 0 unspecified atom stereocenters. The molecule has 1 N–H and O–H groups in total. The predicted octanol–water partition coefficient (Wildman–Crippen LogP) is 3.09. The van der Waals surface area contributed by atoms with Gasteiger partial charge < -0.3 is 5.32 Å². The van der Waals surface area contributed by atoms with Crippen LogP contribution < -0.4 is 5.32 Å². The van der Waals surface area contributed by atoms with Gasteiger partial charge in [-0.2, -0.15) is 0 Å². The fourth-order valence-corrected chi connectivity index (χ4v) is 4.72. The van der Waals surface area contributed by atoms with Gasteiger partial charge in [0, 0.05) is 34.4 Å². The van der Waals surface area contributed by atoms with Crippen LogP contribution in [0.4, 0.5) is 0 Å². The summed E-state index contributed by atoms with van der Waals surface area (Å²) >= 11 is 0. The van der Waals surface area contributed by atoms with Gasteiger partial charge in [0.05, 0.1) is 0 Å². The summed E-state index contributed by atoms with van der Waals surface area (Å²) in [7, 11) is -0.525. The summed E-state index contributed by atoms with van der Waals surface area (Å²) in [5.41, 5.74) is 0.479. The van der Waals surface area contributed by atoms with Crippen LogP contribution in [0.25, 0.3) is 0 Å². The van der Waals surface area contributed by atoms with Crippen LogP contribution in [0, 0.1) is 11.3 Å². The van der Waals surface area contributed by atoms with Gasteiger partial charge in [-0.15, -0.1) is 0 Å². The van der Waals surface area contributed by atoms with Crippen molar-refractivity contribution in [2.45, 2.75) is 71.4 Å². The molecule has 0 spiro atoms. The van der Waals surface area contributed by atoms with E-state index in [1.807, 2.05) is 0 Å². The van der Waals surface area contributed by atoms with Crippen LogP contribution in [0.2, 0.25) is 0 Å². The molecule has 1 aliphatic carbocycles. The van der Waals surface area contributed by atoms with Crippen molar-refractivity contribution in [3.05, 3.63) is 0 Å². The first-order valence-electron chi connectivity index (χ1n) is 7.56. The van der Waals surface area contributed by atoms with E-state index >= 15 is 0 Å². The van der Waals surface area contributed by atoms with Crippen LogP contribution >= 0.6 is 0 Å². The van der Waals surface area contributed by atoms with E-state index in [-0.39, 0.29) is 0 Å². The van der Waals surface area contributed by atoms with E-state index < -0.39 is 10.8 Å². The molecule has 0 aromatic heterocycles. The van der Waals surface area contributed by atoms with Gasteiger partial charge in [-0.3, -0.25) is 4.21 Å². The molecule has 0 aromatic carbocycles. The number of rotatable bonds is 2. The topological polar surface area (TPSA) is 29.1 Å². The van der Waals surface area contributed by atoms with E-state index in [1.54, 1.807) is 0 Å². The Balaban J connectivity index is 1.72. The lowest BCUT2D eigenvalue weighted by Gasteiger charge is -2.38. The Hall–Kier alpha value is 0.110. The Labute approximate surface area is 115 Å². The van der Waals surface area contributed by atoms with E-state index in [9.17, 15) is 4.21 Å². The van der Waals surface area contributed by atoms with Crippen LogP contribution in [0.3, 0.4) is 0 Å². The van der Waals surface area contributed by atoms with Crippen molar-refractivity contribution in [1.29, 1.82) is 0 Å². The van der Waals surface area contributed by atoms with Crippen LogP contribution in [0.15, 0.2) is 0 Å². The first-order chi connectivity index (χ1) is 8.45. The number of hydrogen-bond donors (Lipinski definition) is 1. The quantitative estimate of drug-likeness (QED) is 0.836. The highest BCUT2D eigenvalue weighted by Gasteiger charge is 2.30. The van der Waals surface area contributed by atoms with Gasteiger partial charge in [0.1, 0.15) is 0 Å². The molecular weight excluding hydrogens is 242 g/mol. The molecule has 2 nitrogen and oxygen atoms in total. The summed E-state index contributed by atoms with van der Waals surface area (Å²) in [4.78, 5) is 0. The van der Waals surface area contributed by atoms with Crippen molar-refractivity contribution >= 4 is 10.8 Å². The largest absolute Gasteiger partial charge is 0.311 e. The van der Waals surface area contributed by atoms with Gasteiger partial charge in [0.25, 0.3) is 0 Å². The molecule has 18 heavy (non-hydrogen) atoms. The minimum absolute atomic E-state index is 0.479. The predicted molar refractivity (Wildman–Crippen MR) is 79.2 cm³/mol. The Morgan fingerprint density at radius 1 is 0.889 bits per heavy atom. The second-order valence-corrected chi connectivity index (χ2v) is 8.90. The molecule has 2 rings (SSSR count). The average Bonchev–Trinajstić information content (AvgIpc) is 2.32. The SMILES string of the molecule is CC(C)(C)C1CCC(NC2CCS(=O)CC2)CC1. The summed E-state index contributed by atoms with van der Waals surface area (Å²) in [6.07, 6.45) is 7.65. The molecule has 0 amide bonds. The zero-order chi connectivity index (χ0) is 13.2. The summed E-state index contributed by atoms with van der Waals surface area (Å²) in [6.45, 7) is 7.13. The molecule has 0 aromatic rings. The lowest BCUT2D eigenvalue weighted by molar-refractivity contribution is 0.155. The molecule has 106 valence electrons. The van der Waals surface area contributed by atoms with E-state index in [0.717, 1.165) is 36.3 Å². The minimum atomic E-state index is -0.525. The van der Waals surface area contributed by atoms with Gasteiger partial charge in [-0.25, -0.2) is 0 Å². The first kappa shape index (κ1) is 14.5. The third-order valence-corrected chi connectivity index (χ3v) is 6.19. The minimum Gasteiger partial charge on any atom is -0.311 e. The van der Waals surface area contributed by atoms with Crippen molar-refractivity contribution in [2.24, 2.45) is 11.3 Å².